The summed E-state index contributed by atoms with van der Waals surface area (Å²) >= 11 is 0. The Hall–Kier alpha value is -6.47. The number of benzene rings is 6. The minimum absolute atomic E-state index is 0.277. The van der Waals surface area contributed by atoms with Gasteiger partial charge in [-0.1, -0.05) is 118 Å². The van der Waals surface area contributed by atoms with Gasteiger partial charge < -0.3 is 0 Å². The van der Waals surface area contributed by atoms with Crippen LogP contribution in [0.1, 0.15) is 127 Å². The molecule has 0 atom stereocenters. The van der Waals surface area contributed by atoms with Crippen molar-refractivity contribution in [1.29, 1.82) is 0 Å². The Morgan fingerprint density at radius 2 is 0.721 bits per heavy atom. The zero-order chi connectivity index (χ0) is 43.4. The third-order valence-electron chi connectivity index (χ3n) is 11.1. The SMILES string of the molecule is CC(=Nc1c(C(C)C)cccc1C(C)C)c1cccc(C(C)=Nc2c(C(c3ccc(F)cc3)c3ccc(F)cc3)cc(C)cc2C(c2ccc(F)cc2)c2ccc(F)cc2)n1. The summed E-state index contributed by atoms with van der Waals surface area (Å²) in [6, 6.07) is 41.5. The van der Waals surface area contributed by atoms with E-state index in [1.807, 2.05) is 39.0 Å². The topological polar surface area (TPSA) is 37.6 Å². The van der Waals surface area contributed by atoms with Crippen LogP contribution in [0, 0.1) is 30.2 Å². The molecular weight excluding hydrogens is 767 g/mol. The lowest BCUT2D eigenvalue weighted by atomic mass is 9.78. The van der Waals surface area contributed by atoms with Crippen LogP contribution in [0.5, 0.6) is 0 Å². The van der Waals surface area contributed by atoms with Crippen molar-refractivity contribution in [1.82, 2.24) is 4.98 Å². The molecule has 0 amide bonds. The fourth-order valence-electron chi connectivity index (χ4n) is 8.06. The van der Waals surface area contributed by atoms with E-state index < -0.39 is 11.8 Å². The van der Waals surface area contributed by atoms with E-state index in [4.69, 9.17) is 15.0 Å². The Bertz CT molecular complexity index is 2460. The van der Waals surface area contributed by atoms with Crippen molar-refractivity contribution in [2.24, 2.45) is 9.98 Å². The summed E-state index contributed by atoms with van der Waals surface area (Å²) in [6.45, 7) is 14.6. The number of hydrogen-bond acceptors (Lipinski definition) is 3. The highest BCUT2D eigenvalue weighted by Crippen LogP contribution is 2.46. The summed E-state index contributed by atoms with van der Waals surface area (Å²) in [5.41, 5.74) is 12.2. The van der Waals surface area contributed by atoms with Crippen molar-refractivity contribution in [3.63, 3.8) is 0 Å². The molecule has 0 aliphatic heterocycles. The zero-order valence-electron chi connectivity index (χ0n) is 35.5. The minimum Gasteiger partial charge on any atom is -0.251 e. The summed E-state index contributed by atoms with van der Waals surface area (Å²) in [5, 5.41) is 0. The molecule has 1 aromatic heterocycles. The lowest BCUT2D eigenvalue weighted by Crippen LogP contribution is -2.11. The first-order valence-electron chi connectivity index (χ1n) is 20.6. The molecule has 0 radical (unpaired) electrons. The van der Waals surface area contributed by atoms with Crippen molar-refractivity contribution < 1.29 is 17.6 Å². The van der Waals surface area contributed by atoms with Gasteiger partial charge in [0.15, 0.2) is 0 Å². The van der Waals surface area contributed by atoms with Crippen molar-refractivity contribution in [3.8, 4) is 0 Å². The molecule has 0 aliphatic carbocycles. The van der Waals surface area contributed by atoms with Crippen molar-refractivity contribution in [2.75, 3.05) is 0 Å². The molecule has 7 heteroatoms. The lowest BCUT2D eigenvalue weighted by Gasteiger charge is -2.27. The number of aromatic nitrogens is 1. The molecule has 7 aromatic rings. The van der Waals surface area contributed by atoms with Gasteiger partial charge in [0.25, 0.3) is 0 Å². The van der Waals surface area contributed by atoms with Gasteiger partial charge in [0.1, 0.15) is 23.3 Å². The highest BCUT2D eigenvalue weighted by molar-refractivity contribution is 6.02. The number of aliphatic imine (C=N–C) groups is 2. The van der Waals surface area contributed by atoms with Gasteiger partial charge in [0.05, 0.1) is 34.2 Å². The van der Waals surface area contributed by atoms with Crippen LogP contribution in [-0.4, -0.2) is 16.4 Å². The smallest absolute Gasteiger partial charge is 0.123 e. The molecule has 3 nitrogen and oxygen atoms in total. The summed E-state index contributed by atoms with van der Waals surface area (Å²) in [7, 11) is 0. The largest absolute Gasteiger partial charge is 0.251 e. The second-order valence-electron chi connectivity index (χ2n) is 16.3. The first-order valence-corrected chi connectivity index (χ1v) is 20.6. The summed E-state index contributed by atoms with van der Waals surface area (Å²) in [5.74, 6) is -2.01. The van der Waals surface area contributed by atoms with Crippen molar-refractivity contribution >= 4 is 22.8 Å². The van der Waals surface area contributed by atoms with Crippen LogP contribution >= 0.6 is 0 Å². The summed E-state index contributed by atoms with van der Waals surface area (Å²) < 4.78 is 58.0. The molecule has 7 rings (SSSR count). The number of pyridine rings is 1. The van der Waals surface area contributed by atoms with E-state index in [0.29, 0.717) is 22.8 Å². The van der Waals surface area contributed by atoms with Crippen molar-refractivity contribution in [3.05, 3.63) is 230 Å². The standard InChI is InChI=1S/C54H49F4N3/c1-32(2)45-10-8-11-46(33(3)4)53(45)59-35(6)49-12-9-13-50(61-49)36(7)60-54-47(51(37-14-22-41(55)23-15-37)38-16-24-42(56)25-17-38)30-34(5)31-48(54)52(39-18-26-43(57)27-19-39)40-20-28-44(58)29-21-40/h8-33,51-52H,1-7H3. The quantitative estimate of drug-likeness (QED) is 0.0688. The number of nitrogens with zero attached hydrogens (tertiary/aromatic N) is 3. The fourth-order valence-corrected chi connectivity index (χ4v) is 8.06. The van der Waals surface area contributed by atoms with Gasteiger partial charge in [0, 0.05) is 11.8 Å². The Balaban J connectivity index is 1.48. The van der Waals surface area contributed by atoms with Crippen LogP contribution in [0.4, 0.5) is 28.9 Å². The molecule has 0 saturated carbocycles. The van der Waals surface area contributed by atoms with Gasteiger partial charge in [-0.25, -0.2) is 22.5 Å². The van der Waals surface area contributed by atoms with Crippen LogP contribution in [0.2, 0.25) is 0 Å². The maximum Gasteiger partial charge on any atom is 0.123 e. The molecule has 6 aromatic carbocycles. The number of rotatable bonds is 12. The highest BCUT2D eigenvalue weighted by atomic mass is 19.1. The molecule has 61 heavy (non-hydrogen) atoms. The number of hydrogen-bond donors (Lipinski definition) is 0. The molecule has 0 saturated heterocycles. The third-order valence-corrected chi connectivity index (χ3v) is 11.1. The van der Waals surface area contributed by atoms with Gasteiger partial charge >= 0.3 is 0 Å². The van der Waals surface area contributed by atoms with Gasteiger partial charge in [-0.15, -0.1) is 0 Å². The van der Waals surface area contributed by atoms with E-state index in [2.05, 4.69) is 58.0 Å². The average molecular weight is 816 g/mol. The molecule has 0 fully saturated rings. The lowest BCUT2D eigenvalue weighted by molar-refractivity contribution is 0.625. The van der Waals surface area contributed by atoms with Crippen LogP contribution in [0.3, 0.4) is 0 Å². The second-order valence-corrected chi connectivity index (χ2v) is 16.3. The number of halogens is 4. The van der Waals surface area contributed by atoms with E-state index in [1.54, 1.807) is 48.5 Å². The fraction of sp³-hybridized carbons (Fsp3) is 0.204. The first-order chi connectivity index (χ1) is 29.3. The van der Waals surface area contributed by atoms with Crippen LogP contribution in [0.15, 0.2) is 156 Å². The third kappa shape index (κ3) is 9.62. The van der Waals surface area contributed by atoms with Crippen LogP contribution in [-0.2, 0) is 0 Å². The van der Waals surface area contributed by atoms with E-state index in [0.717, 1.165) is 50.3 Å². The number of para-hydroxylation sites is 1. The maximum absolute atomic E-state index is 14.5. The molecule has 0 bridgehead atoms. The molecule has 1 heterocycles. The molecule has 0 unspecified atom stereocenters. The minimum atomic E-state index is -0.515. The Morgan fingerprint density at radius 3 is 1.03 bits per heavy atom. The summed E-state index contributed by atoms with van der Waals surface area (Å²) in [4.78, 5) is 15.8. The Morgan fingerprint density at radius 1 is 0.426 bits per heavy atom. The maximum atomic E-state index is 14.5. The van der Waals surface area contributed by atoms with Crippen LogP contribution < -0.4 is 0 Å². The summed E-state index contributed by atoms with van der Waals surface area (Å²) in [6.07, 6.45) is 0. The molecule has 0 N–H and O–H groups in total. The van der Waals surface area contributed by atoms with Gasteiger partial charge in [-0.2, -0.15) is 0 Å². The first kappa shape index (κ1) is 42.6. The Labute approximate surface area is 356 Å². The van der Waals surface area contributed by atoms with Gasteiger partial charge in [-0.3, -0.25) is 9.98 Å². The van der Waals surface area contributed by atoms with E-state index in [9.17, 15) is 17.6 Å². The normalized spacial score (nSPS) is 12.3. The monoisotopic (exact) mass is 815 g/mol. The van der Waals surface area contributed by atoms with E-state index >= 15 is 0 Å². The highest BCUT2D eigenvalue weighted by Gasteiger charge is 2.28. The predicted octanol–water partition coefficient (Wildman–Crippen LogP) is 14.8. The van der Waals surface area contributed by atoms with Crippen LogP contribution in [0.25, 0.3) is 0 Å². The predicted molar refractivity (Wildman–Crippen MR) is 241 cm³/mol. The van der Waals surface area contributed by atoms with Gasteiger partial charge in [-0.05, 0) is 138 Å². The number of aryl methyl sites for hydroxylation is 1. The van der Waals surface area contributed by atoms with E-state index in [-0.39, 0.29) is 35.1 Å². The average Bonchev–Trinajstić information content (AvgIpc) is 3.24. The molecule has 0 spiro atoms. The molecule has 0 aliphatic rings. The Kier molecular flexibility index (Phi) is 12.9. The second kappa shape index (κ2) is 18.4. The van der Waals surface area contributed by atoms with Crippen molar-refractivity contribution in [2.45, 2.75) is 72.1 Å². The zero-order valence-corrected chi connectivity index (χ0v) is 35.5. The van der Waals surface area contributed by atoms with Gasteiger partial charge in [0.2, 0.25) is 0 Å². The van der Waals surface area contributed by atoms with E-state index in [1.165, 1.54) is 59.7 Å². The molecule has 308 valence electrons. The molecular formula is C54H49F4N3.